The number of nitrogens with one attached hydrogen (secondary N) is 1. The van der Waals surface area contributed by atoms with Crippen LogP contribution in [0.5, 0.6) is 11.5 Å². The van der Waals surface area contributed by atoms with Gasteiger partial charge in [0, 0.05) is 0 Å². The highest BCUT2D eigenvalue weighted by atomic mass is 32.1. The summed E-state index contributed by atoms with van der Waals surface area (Å²) in [7, 11) is 3.03. The van der Waals surface area contributed by atoms with E-state index in [1.807, 2.05) is 24.3 Å². The molecule has 0 saturated heterocycles. The Balaban J connectivity index is 1.94. The van der Waals surface area contributed by atoms with Gasteiger partial charge >= 0.3 is 0 Å². The number of fused-ring (bicyclic) bond motifs is 1. The molecule has 1 aromatic heterocycles. The summed E-state index contributed by atoms with van der Waals surface area (Å²) in [4.78, 5) is 16.9. The van der Waals surface area contributed by atoms with Gasteiger partial charge in [-0.3, -0.25) is 10.1 Å². The Bertz CT molecular complexity index is 774. The molecule has 0 spiro atoms. The van der Waals surface area contributed by atoms with Crippen molar-refractivity contribution in [3.8, 4) is 11.5 Å². The lowest BCUT2D eigenvalue weighted by atomic mass is 10.1. The van der Waals surface area contributed by atoms with E-state index >= 15 is 0 Å². The fourth-order valence-corrected chi connectivity index (χ4v) is 3.02. The number of hydrogen-bond donors (Lipinski definition) is 1. The fourth-order valence-electron chi connectivity index (χ4n) is 2.16. The van der Waals surface area contributed by atoms with E-state index in [0.717, 1.165) is 10.2 Å². The first-order valence-electron chi connectivity index (χ1n) is 6.61. The van der Waals surface area contributed by atoms with E-state index in [2.05, 4.69) is 10.3 Å². The Labute approximate surface area is 131 Å². The number of benzene rings is 2. The third kappa shape index (κ3) is 2.60. The molecule has 0 bridgehead atoms. The van der Waals surface area contributed by atoms with Crippen LogP contribution in [0.2, 0.25) is 0 Å². The molecule has 0 unspecified atom stereocenters. The second-order valence-corrected chi connectivity index (χ2v) is 5.51. The molecule has 2 aromatic carbocycles. The number of amides is 1. The van der Waals surface area contributed by atoms with Crippen LogP contribution in [0.4, 0.5) is 5.13 Å². The number of hydrogen-bond acceptors (Lipinski definition) is 5. The summed E-state index contributed by atoms with van der Waals surface area (Å²) in [5.41, 5.74) is 1.21. The van der Waals surface area contributed by atoms with Crippen molar-refractivity contribution in [2.24, 2.45) is 0 Å². The number of rotatable bonds is 4. The van der Waals surface area contributed by atoms with Gasteiger partial charge < -0.3 is 9.47 Å². The van der Waals surface area contributed by atoms with Gasteiger partial charge in [0.05, 0.1) is 24.4 Å². The summed E-state index contributed by atoms with van der Waals surface area (Å²) in [5, 5.41) is 3.35. The summed E-state index contributed by atoms with van der Waals surface area (Å²) >= 11 is 1.42. The number of anilines is 1. The molecule has 1 amide bonds. The van der Waals surface area contributed by atoms with Crippen LogP contribution < -0.4 is 14.8 Å². The number of methoxy groups -OCH3 is 2. The molecule has 3 rings (SSSR count). The summed E-state index contributed by atoms with van der Waals surface area (Å²) in [6.07, 6.45) is 0. The molecule has 0 radical (unpaired) electrons. The van der Waals surface area contributed by atoms with Crippen molar-refractivity contribution < 1.29 is 14.3 Å². The minimum absolute atomic E-state index is 0.312. The lowest BCUT2D eigenvalue weighted by molar-refractivity contribution is 0.102. The van der Waals surface area contributed by atoms with Crippen molar-refractivity contribution >= 4 is 32.6 Å². The molecule has 1 heterocycles. The van der Waals surface area contributed by atoms with E-state index in [-0.39, 0.29) is 5.91 Å². The Hall–Kier alpha value is -2.60. The van der Waals surface area contributed by atoms with Crippen molar-refractivity contribution in [3.05, 3.63) is 48.0 Å². The average Bonchev–Trinajstić information content (AvgIpc) is 2.95. The van der Waals surface area contributed by atoms with Gasteiger partial charge in [0.25, 0.3) is 5.91 Å². The predicted molar refractivity (Wildman–Crippen MR) is 87.1 cm³/mol. The van der Waals surface area contributed by atoms with Crippen LogP contribution >= 0.6 is 11.3 Å². The lowest BCUT2D eigenvalue weighted by Gasteiger charge is -2.11. The van der Waals surface area contributed by atoms with E-state index in [4.69, 9.17) is 9.47 Å². The highest BCUT2D eigenvalue weighted by Crippen LogP contribution is 2.31. The van der Waals surface area contributed by atoms with Gasteiger partial charge in [0.15, 0.2) is 5.13 Å². The largest absolute Gasteiger partial charge is 0.496 e. The number of aromatic nitrogens is 1. The Kier molecular flexibility index (Phi) is 3.93. The van der Waals surface area contributed by atoms with Crippen LogP contribution in [0.1, 0.15) is 10.4 Å². The maximum absolute atomic E-state index is 12.5. The monoisotopic (exact) mass is 314 g/mol. The first kappa shape index (κ1) is 14.3. The quantitative estimate of drug-likeness (QED) is 0.800. The summed E-state index contributed by atoms with van der Waals surface area (Å²) < 4.78 is 11.5. The minimum atomic E-state index is -0.312. The van der Waals surface area contributed by atoms with E-state index < -0.39 is 0 Å². The maximum Gasteiger partial charge on any atom is 0.265 e. The molecule has 1 N–H and O–H groups in total. The van der Waals surface area contributed by atoms with E-state index in [0.29, 0.717) is 22.2 Å². The van der Waals surface area contributed by atoms with Crippen LogP contribution in [0.15, 0.2) is 42.5 Å². The second kappa shape index (κ2) is 6.03. The zero-order valence-corrected chi connectivity index (χ0v) is 12.9. The van der Waals surface area contributed by atoms with Gasteiger partial charge in [-0.15, -0.1) is 0 Å². The molecule has 3 aromatic rings. The van der Waals surface area contributed by atoms with Crippen molar-refractivity contribution in [2.45, 2.75) is 0 Å². The van der Waals surface area contributed by atoms with Gasteiger partial charge in [-0.25, -0.2) is 4.98 Å². The second-order valence-electron chi connectivity index (χ2n) is 4.48. The van der Waals surface area contributed by atoms with Crippen LogP contribution in [0, 0.1) is 0 Å². The van der Waals surface area contributed by atoms with Gasteiger partial charge in [0.2, 0.25) is 0 Å². The predicted octanol–water partition coefficient (Wildman–Crippen LogP) is 3.57. The summed E-state index contributed by atoms with van der Waals surface area (Å²) in [6, 6.07) is 12.9. The molecule has 22 heavy (non-hydrogen) atoms. The number of thiazole rings is 1. The molecular formula is C16H14N2O3S. The average molecular weight is 314 g/mol. The Morgan fingerprint density at radius 1 is 1.05 bits per heavy atom. The summed E-state index contributed by atoms with van der Waals surface area (Å²) in [5.74, 6) is 0.601. The number of para-hydroxylation sites is 1. The molecule has 0 aliphatic rings. The molecule has 5 nitrogen and oxygen atoms in total. The van der Waals surface area contributed by atoms with Crippen LogP contribution in [-0.2, 0) is 0 Å². The third-order valence-electron chi connectivity index (χ3n) is 3.17. The normalized spacial score (nSPS) is 10.5. The van der Waals surface area contributed by atoms with Gasteiger partial charge in [-0.1, -0.05) is 29.5 Å². The van der Waals surface area contributed by atoms with E-state index in [1.54, 1.807) is 18.2 Å². The molecule has 0 atom stereocenters. The maximum atomic E-state index is 12.5. The van der Waals surface area contributed by atoms with Crippen LogP contribution in [0.3, 0.4) is 0 Å². The van der Waals surface area contributed by atoms with Crippen molar-refractivity contribution in [1.29, 1.82) is 0 Å². The van der Waals surface area contributed by atoms with Crippen molar-refractivity contribution in [2.75, 3.05) is 19.5 Å². The smallest absolute Gasteiger partial charge is 0.265 e. The molecule has 6 heteroatoms. The highest BCUT2D eigenvalue weighted by Gasteiger charge is 2.19. The lowest BCUT2D eigenvalue weighted by Crippen LogP contribution is -2.14. The molecule has 0 saturated carbocycles. The van der Waals surface area contributed by atoms with E-state index in [1.165, 1.54) is 25.6 Å². The standard InChI is InChI=1S/C16H14N2O3S/c1-20-11-7-5-8-12(21-2)14(11)15(19)18-16-17-10-6-3-4-9-13(10)22-16/h3-9H,1-2H3,(H,17,18,19). The summed E-state index contributed by atoms with van der Waals surface area (Å²) in [6.45, 7) is 0. The molecule has 0 aliphatic carbocycles. The van der Waals surface area contributed by atoms with Gasteiger partial charge in [-0.05, 0) is 24.3 Å². The number of carbonyl (C=O) groups excluding carboxylic acids is 1. The van der Waals surface area contributed by atoms with Crippen LogP contribution in [0.25, 0.3) is 10.2 Å². The first-order valence-corrected chi connectivity index (χ1v) is 7.42. The molecule has 0 fully saturated rings. The Morgan fingerprint density at radius 3 is 2.36 bits per heavy atom. The number of nitrogens with zero attached hydrogens (tertiary/aromatic N) is 1. The molecule has 0 aliphatic heterocycles. The van der Waals surface area contributed by atoms with Crippen molar-refractivity contribution in [1.82, 2.24) is 4.98 Å². The zero-order valence-electron chi connectivity index (χ0n) is 12.1. The molecule has 112 valence electrons. The SMILES string of the molecule is COc1cccc(OC)c1C(=O)Nc1nc2ccccc2s1. The number of carbonyl (C=O) groups is 1. The number of ether oxygens (including phenoxy) is 2. The first-order chi connectivity index (χ1) is 10.7. The zero-order chi connectivity index (χ0) is 15.5. The Morgan fingerprint density at radius 2 is 1.73 bits per heavy atom. The minimum Gasteiger partial charge on any atom is -0.496 e. The van der Waals surface area contributed by atoms with Gasteiger partial charge in [0.1, 0.15) is 17.1 Å². The highest BCUT2D eigenvalue weighted by molar-refractivity contribution is 7.22. The fraction of sp³-hybridized carbons (Fsp3) is 0.125. The topological polar surface area (TPSA) is 60.5 Å². The van der Waals surface area contributed by atoms with E-state index in [9.17, 15) is 4.79 Å². The third-order valence-corrected chi connectivity index (χ3v) is 4.12. The van der Waals surface area contributed by atoms with Gasteiger partial charge in [-0.2, -0.15) is 0 Å². The van der Waals surface area contributed by atoms with Crippen molar-refractivity contribution in [3.63, 3.8) is 0 Å². The van der Waals surface area contributed by atoms with Crippen LogP contribution in [-0.4, -0.2) is 25.1 Å². The molecular weight excluding hydrogens is 300 g/mol.